The van der Waals surface area contributed by atoms with Gasteiger partial charge in [0.2, 0.25) is 4.11 Å². The number of terminal acetylenes is 1. The van der Waals surface area contributed by atoms with Crippen LogP contribution in [0.4, 0.5) is 4.79 Å². The lowest BCUT2D eigenvalue weighted by molar-refractivity contribution is 0.0601. The van der Waals surface area contributed by atoms with E-state index in [0.717, 1.165) is 12.8 Å². The minimum atomic E-state index is -0.694. The largest absolute Gasteiger partial charge is 0.510 e. The summed E-state index contributed by atoms with van der Waals surface area (Å²) < 4.78 is 8.78. The molecular formula is C8H11IO3. The molecule has 0 aliphatic carbocycles. The van der Waals surface area contributed by atoms with E-state index in [2.05, 4.69) is 10.7 Å². The van der Waals surface area contributed by atoms with E-state index in [1.54, 1.807) is 0 Å². The van der Waals surface area contributed by atoms with Gasteiger partial charge in [-0.25, -0.2) is 4.79 Å². The molecule has 0 amide bonds. The first kappa shape index (κ1) is 11.6. The van der Waals surface area contributed by atoms with Crippen LogP contribution in [0.15, 0.2) is 0 Å². The van der Waals surface area contributed by atoms with Gasteiger partial charge in [0.15, 0.2) is 0 Å². The molecule has 0 saturated carbocycles. The molecule has 0 aromatic rings. The van der Waals surface area contributed by atoms with E-state index in [1.807, 2.05) is 29.5 Å². The molecule has 0 N–H and O–H groups in total. The summed E-state index contributed by atoms with van der Waals surface area (Å²) in [5.74, 6) is 2.25. The Bertz CT molecular complexity index is 174. The van der Waals surface area contributed by atoms with E-state index in [0.29, 0.717) is 6.61 Å². The lowest BCUT2D eigenvalue weighted by Crippen LogP contribution is -2.12. The molecule has 0 radical (unpaired) electrons. The Labute approximate surface area is 85.9 Å². The van der Waals surface area contributed by atoms with Gasteiger partial charge in [-0.05, 0) is 29.0 Å². The first-order valence-electron chi connectivity index (χ1n) is 3.64. The van der Waals surface area contributed by atoms with Crippen molar-refractivity contribution in [1.29, 1.82) is 0 Å². The van der Waals surface area contributed by atoms with Gasteiger partial charge in [0.25, 0.3) is 0 Å². The summed E-state index contributed by atoms with van der Waals surface area (Å²) in [5, 5.41) is 0. The standard InChI is InChI=1S/C8H11IO3/c1-3-5-6-11-8(10)12-7(9)4-2/h2,7H,3,5-6H2,1H3. The lowest BCUT2D eigenvalue weighted by Gasteiger charge is -2.05. The van der Waals surface area contributed by atoms with Crippen molar-refractivity contribution in [3.8, 4) is 12.3 Å². The van der Waals surface area contributed by atoms with Crippen LogP contribution >= 0.6 is 22.6 Å². The molecule has 0 saturated heterocycles. The molecular weight excluding hydrogens is 271 g/mol. The van der Waals surface area contributed by atoms with Crippen LogP contribution in [0.2, 0.25) is 0 Å². The van der Waals surface area contributed by atoms with Gasteiger partial charge in [0.05, 0.1) is 6.61 Å². The van der Waals surface area contributed by atoms with Crippen LogP contribution < -0.4 is 0 Å². The highest BCUT2D eigenvalue weighted by molar-refractivity contribution is 14.1. The number of unbranched alkanes of at least 4 members (excludes halogenated alkanes) is 1. The molecule has 1 unspecified atom stereocenters. The Morgan fingerprint density at radius 1 is 1.75 bits per heavy atom. The van der Waals surface area contributed by atoms with Crippen molar-refractivity contribution in [2.75, 3.05) is 6.61 Å². The molecule has 0 heterocycles. The van der Waals surface area contributed by atoms with Gasteiger partial charge in [-0.2, -0.15) is 0 Å². The summed E-state index contributed by atoms with van der Waals surface area (Å²) >= 11 is 1.82. The molecule has 0 bridgehead atoms. The van der Waals surface area contributed by atoms with Crippen LogP contribution in [-0.4, -0.2) is 16.9 Å². The fourth-order valence-corrected chi connectivity index (χ4v) is 0.660. The third-order valence-electron chi connectivity index (χ3n) is 1.05. The topological polar surface area (TPSA) is 35.5 Å². The number of rotatable bonds is 4. The smallest absolute Gasteiger partial charge is 0.434 e. The zero-order valence-electron chi connectivity index (χ0n) is 6.88. The van der Waals surface area contributed by atoms with Crippen molar-refractivity contribution in [1.82, 2.24) is 0 Å². The van der Waals surface area contributed by atoms with Gasteiger partial charge < -0.3 is 9.47 Å². The molecule has 0 aromatic carbocycles. The van der Waals surface area contributed by atoms with Gasteiger partial charge in [0, 0.05) is 0 Å². The number of ether oxygens (including phenoxy) is 2. The summed E-state index contributed by atoms with van der Waals surface area (Å²) in [7, 11) is 0. The van der Waals surface area contributed by atoms with Crippen LogP contribution in [-0.2, 0) is 9.47 Å². The summed E-state index contributed by atoms with van der Waals surface area (Å²) in [6, 6.07) is 0. The predicted octanol–water partition coefficient (Wildman–Crippen LogP) is 2.33. The molecule has 12 heavy (non-hydrogen) atoms. The molecule has 1 atom stereocenters. The van der Waals surface area contributed by atoms with Crippen LogP contribution in [0.25, 0.3) is 0 Å². The zero-order valence-corrected chi connectivity index (χ0v) is 9.04. The second-order valence-electron chi connectivity index (χ2n) is 2.05. The third-order valence-corrected chi connectivity index (χ3v) is 1.66. The molecule has 68 valence electrons. The van der Waals surface area contributed by atoms with Crippen molar-refractivity contribution in [2.24, 2.45) is 0 Å². The molecule has 4 heteroatoms. The Kier molecular flexibility index (Phi) is 6.96. The minimum Gasteiger partial charge on any atom is -0.434 e. The molecule has 3 nitrogen and oxygen atoms in total. The van der Waals surface area contributed by atoms with Crippen molar-refractivity contribution in [2.45, 2.75) is 23.9 Å². The highest BCUT2D eigenvalue weighted by atomic mass is 127. The number of carbonyl (C=O) groups excluding carboxylic acids is 1. The maximum atomic E-state index is 10.7. The summed E-state index contributed by atoms with van der Waals surface area (Å²) in [6.07, 6.45) is 6.12. The first-order valence-corrected chi connectivity index (χ1v) is 4.89. The molecule has 0 aliphatic heterocycles. The van der Waals surface area contributed by atoms with Crippen LogP contribution in [0.3, 0.4) is 0 Å². The minimum absolute atomic E-state index is 0.392. The van der Waals surface area contributed by atoms with Gasteiger partial charge in [0.1, 0.15) is 0 Å². The lowest BCUT2D eigenvalue weighted by atomic mass is 10.4. The van der Waals surface area contributed by atoms with E-state index in [-0.39, 0.29) is 0 Å². The van der Waals surface area contributed by atoms with E-state index in [1.165, 1.54) is 0 Å². The second kappa shape index (κ2) is 7.22. The van der Waals surface area contributed by atoms with Gasteiger partial charge in [-0.1, -0.05) is 19.3 Å². The van der Waals surface area contributed by atoms with E-state index in [4.69, 9.17) is 11.2 Å². The molecule has 0 spiro atoms. The Morgan fingerprint density at radius 2 is 2.42 bits per heavy atom. The summed E-state index contributed by atoms with van der Waals surface area (Å²) in [4.78, 5) is 10.7. The molecule has 0 aliphatic rings. The fraction of sp³-hybridized carbons (Fsp3) is 0.625. The highest BCUT2D eigenvalue weighted by Gasteiger charge is 2.07. The summed E-state index contributed by atoms with van der Waals surface area (Å²) in [5.41, 5.74) is 0. The zero-order chi connectivity index (χ0) is 9.40. The Hall–Kier alpha value is -0.440. The number of alkyl halides is 1. The maximum Gasteiger partial charge on any atom is 0.510 e. The number of halogens is 1. The van der Waals surface area contributed by atoms with E-state index in [9.17, 15) is 4.79 Å². The van der Waals surface area contributed by atoms with E-state index < -0.39 is 10.3 Å². The Morgan fingerprint density at radius 3 is 2.92 bits per heavy atom. The monoisotopic (exact) mass is 282 g/mol. The van der Waals surface area contributed by atoms with Crippen molar-refractivity contribution < 1.29 is 14.3 Å². The third kappa shape index (κ3) is 6.28. The summed E-state index contributed by atoms with van der Waals surface area (Å²) in [6.45, 7) is 2.40. The Balaban J connectivity index is 3.41. The number of hydrogen-bond acceptors (Lipinski definition) is 3. The average molecular weight is 282 g/mol. The van der Waals surface area contributed by atoms with Crippen molar-refractivity contribution in [3.05, 3.63) is 0 Å². The quantitative estimate of drug-likeness (QED) is 0.261. The predicted molar refractivity (Wildman–Crippen MR) is 54.0 cm³/mol. The SMILES string of the molecule is C#CC(I)OC(=O)OCCCC. The maximum absolute atomic E-state index is 10.7. The normalized spacial score (nSPS) is 11.4. The van der Waals surface area contributed by atoms with Gasteiger partial charge >= 0.3 is 6.16 Å². The van der Waals surface area contributed by atoms with Gasteiger partial charge in [-0.15, -0.1) is 6.42 Å². The number of hydrogen-bond donors (Lipinski definition) is 0. The van der Waals surface area contributed by atoms with Crippen LogP contribution in [0.5, 0.6) is 0 Å². The van der Waals surface area contributed by atoms with Crippen molar-refractivity contribution in [3.63, 3.8) is 0 Å². The van der Waals surface area contributed by atoms with Crippen molar-refractivity contribution >= 4 is 28.7 Å². The molecule has 0 fully saturated rings. The van der Waals surface area contributed by atoms with Crippen LogP contribution in [0, 0.1) is 12.3 Å². The highest BCUT2D eigenvalue weighted by Crippen LogP contribution is 2.02. The average Bonchev–Trinajstić information content (AvgIpc) is 2.05. The number of carbonyl (C=O) groups is 1. The van der Waals surface area contributed by atoms with Gasteiger partial charge in [-0.3, -0.25) is 0 Å². The first-order chi connectivity index (χ1) is 5.70. The fourth-order valence-electron chi connectivity index (χ4n) is 0.452. The van der Waals surface area contributed by atoms with Crippen LogP contribution in [0.1, 0.15) is 19.8 Å². The molecule has 0 rings (SSSR count). The second-order valence-corrected chi connectivity index (χ2v) is 3.18. The molecule has 0 aromatic heterocycles. The van der Waals surface area contributed by atoms with E-state index >= 15 is 0 Å².